The van der Waals surface area contributed by atoms with Crippen LogP contribution in [0.15, 0.2) is 60.8 Å². The van der Waals surface area contributed by atoms with Crippen LogP contribution in [0.5, 0.6) is 0 Å². The van der Waals surface area contributed by atoms with Crippen LogP contribution in [-0.2, 0) is 4.79 Å². The van der Waals surface area contributed by atoms with Gasteiger partial charge in [0.15, 0.2) is 0 Å². The van der Waals surface area contributed by atoms with E-state index in [4.69, 9.17) is 0 Å². The molecule has 1 aliphatic heterocycles. The number of aromatic nitrogens is 1. The summed E-state index contributed by atoms with van der Waals surface area (Å²) in [5.41, 5.74) is 3.38. The zero-order chi connectivity index (χ0) is 19.5. The topological polar surface area (TPSA) is 62.3 Å². The molecular weight excluding hydrogens is 350 g/mol. The summed E-state index contributed by atoms with van der Waals surface area (Å²) in [6.07, 6.45) is 3.29. The zero-order valence-electron chi connectivity index (χ0n) is 15.9. The molecule has 2 aromatic carbocycles. The number of pyridine rings is 1. The molecule has 28 heavy (non-hydrogen) atoms. The highest BCUT2D eigenvalue weighted by molar-refractivity contribution is 5.97. The van der Waals surface area contributed by atoms with Gasteiger partial charge >= 0.3 is 0 Å². The van der Waals surface area contributed by atoms with Crippen LogP contribution in [0.1, 0.15) is 28.8 Å². The van der Waals surface area contributed by atoms with Crippen molar-refractivity contribution < 1.29 is 9.59 Å². The Bertz CT molecular complexity index is 1010. The van der Waals surface area contributed by atoms with Gasteiger partial charge in [-0.3, -0.25) is 14.6 Å². The molecule has 1 aromatic heterocycles. The molecule has 0 radical (unpaired) electrons. The fourth-order valence-corrected chi connectivity index (χ4v) is 3.64. The Morgan fingerprint density at radius 2 is 1.89 bits per heavy atom. The van der Waals surface area contributed by atoms with E-state index in [1.54, 1.807) is 11.1 Å². The van der Waals surface area contributed by atoms with Gasteiger partial charge in [0.2, 0.25) is 5.91 Å². The number of aryl methyl sites for hydroxylation is 1. The number of piperidine rings is 1. The second kappa shape index (κ2) is 7.80. The number of likely N-dealkylation sites (tertiary alicyclic amines) is 1. The number of para-hydroxylation sites is 1. The maximum atomic E-state index is 12.8. The van der Waals surface area contributed by atoms with Gasteiger partial charge in [-0.25, -0.2) is 0 Å². The number of hydrogen-bond donors (Lipinski definition) is 1. The quantitative estimate of drug-likeness (QED) is 0.754. The Morgan fingerprint density at radius 1 is 1.11 bits per heavy atom. The number of rotatable bonds is 3. The van der Waals surface area contributed by atoms with Crippen LogP contribution >= 0.6 is 0 Å². The molecule has 3 aromatic rings. The maximum Gasteiger partial charge on any atom is 0.253 e. The Balaban J connectivity index is 1.43. The van der Waals surface area contributed by atoms with E-state index in [0.29, 0.717) is 24.3 Å². The Hall–Kier alpha value is -3.21. The lowest BCUT2D eigenvalue weighted by Gasteiger charge is -2.32. The summed E-state index contributed by atoms with van der Waals surface area (Å²) < 4.78 is 0. The second-order valence-electron chi connectivity index (χ2n) is 7.36. The van der Waals surface area contributed by atoms with Crippen LogP contribution in [0.2, 0.25) is 0 Å². The van der Waals surface area contributed by atoms with E-state index >= 15 is 0 Å². The number of benzene rings is 2. The van der Waals surface area contributed by atoms with Crippen LogP contribution in [0.25, 0.3) is 10.9 Å². The fraction of sp³-hybridized carbons (Fsp3) is 0.261. The van der Waals surface area contributed by atoms with Crippen molar-refractivity contribution in [2.24, 2.45) is 5.92 Å². The average molecular weight is 373 g/mol. The standard InChI is InChI=1S/C23H23N3O2/c1-16-8-10-17(11-9-16)23(28)26-12-4-6-19(15-26)22(27)25-20-13-18-5-2-3-7-21(18)24-14-20/h2-3,5,7-11,13-14,19H,4,6,12,15H2,1H3,(H,25,27). The van der Waals surface area contributed by atoms with Crippen molar-refractivity contribution in [3.8, 4) is 0 Å². The first-order valence-corrected chi connectivity index (χ1v) is 9.62. The van der Waals surface area contributed by atoms with E-state index < -0.39 is 0 Å². The summed E-state index contributed by atoms with van der Waals surface area (Å²) in [5, 5.41) is 3.96. The minimum absolute atomic E-state index is 0.00938. The minimum atomic E-state index is -0.213. The van der Waals surface area contributed by atoms with Crippen molar-refractivity contribution in [3.63, 3.8) is 0 Å². The van der Waals surface area contributed by atoms with Crippen LogP contribution in [-0.4, -0.2) is 34.8 Å². The molecule has 5 heteroatoms. The summed E-state index contributed by atoms with van der Waals surface area (Å²) in [4.78, 5) is 31.7. The number of carbonyl (C=O) groups is 2. The van der Waals surface area contributed by atoms with E-state index in [1.807, 2.05) is 61.5 Å². The fourth-order valence-electron chi connectivity index (χ4n) is 3.64. The van der Waals surface area contributed by atoms with Gasteiger partial charge in [-0.2, -0.15) is 0 Å². The molecule has 2 amide bonds. The lowest BCUT2D eigenvalue weighted by atomic mass is 9.96. The Labute approximate surface area is 164 Å². The minimum Gasteiger partial charge on any atom is -0.338 e. The van der Waals surface area contributed by atoms with Crippen molar-refractivity contribution >= 4 is 28.4 Å². The molecular formula is C23H23N3O2. The van der Waals surface area contributed by atoms with Crippen molar-refractivity contribution in [2.45, 2.75) is 19.8 Å². The highest BCUT2D eigenvalue weighted by atomic mass is 16.2. The highest BCUT2D eigenvalue weighted by Gasteiger charge is 2.29. The normalized spacial score (nSPS) is 16.8. The molecule has 1 unspecified atom stereocenters. The Morgan fingerprint density at radius 3 is 2.71 bits per heavy atom. The predicted molar refractivity (Wildman–Crippen MR) is 110 cm³/mol. The number of carbonyl (C=O) groups excluding carboxylic acids is 2. The van der Waals surface area contributed by atoms with Gasteiger partial charge in [-0.15, -0.1) is 0 Å². The lowest BCUT2D eigenvalue weighted by molar-refractivity contribution is -0.121. The van der Waals surface area contributed by atoms with Crippen LogP contribution in [0, 0.1) is 12.8 Å². The molecule has 0 bridgehead atoms. The molecule has 4 rings (SSSR count). The third kappa shape index (κ3) is 3.88. The molecule has 142 valence electrons. The van der Waals surface area contributed by atoms with Crippen LogP contribution in [0.3, 0.4) is 0 Å². The van der Waals surface area contributed by atoms with Gasteiger partial charge in [0.1, 0.15) is 0 Å². The number of fused-ring (bicyclic) bond motifs is 1. The van der Waals surface area contributed by atoms with Gasteiger partial charge in [-0.05, 0) is 44.0 Å². The number of amides is 2. The molecule has 0 aliphatic carbocycles. The van der Waals surface area contributed by atoms with E-state index in [0.717, 1.165) is 29.3 Å². The third-order valence-electron chi connectivity index (χ3n) is 5.24. The smallest absolute Gasteiger partial charge is 0.253 e. The highest BCUT2D eigenvalue weighted by Crippen LogP contribution is 2.22. The largest absolute Gasteiger partial charge is 0.338 e. The summed E-state index contributed by atoms with van der Waals surface area (Å²) in [7, 11) is 0. The van der Waals surface area contributed by atoms with E-state index in [9.17, 15) is 9.59 Å². The molecule has 1 aliphatic rings. The first kappa shape index (κ1) is 18.2. The number of nitrogens with zero attached hydrogens (tertiary/aromatic N) is 2. The van der Waals surface area contributed by atoms with Gasteiger partial charge in [0.05, 0.1) is 23.3 Å². The van der Waals surface area contributed by atoms with Crippen LogP contribution < -0.4 is 5.32 Å². The lowest BCUT2D eigenvalue weighted by Crippen LogP contribution is -2.43. The first-order chi connectivity index (χ1) is 13.6. The third-order valence-corrected chi connectivity index (χ3v) is 5.24. The zero-order valence-corrected chi connectivity index (χ0v) is 15.9. The van der Waals surface area contributed by atoms with Crippen molar-refractivity contribution in [2.75, 3.05) is 18.4 Å². The van der Waals surface area contributed by atoms with Gasteiger partial charge in [0, 0.05) is 24.0 Å². The molecule has 1 atom stereocenters. The second-order valence-corrected chi connectivity index (χ2v) is 7.36. The van der Waals surface area contributed by atoms with E-state index in [2.05, 4.69) is 10.3 Å². The summed E-state index contributed by atoms with van der Waals surface area (Å²) in [6, 6.07) is 17.3. The van der Waals surface area contributed by atoms with Crippen molar-refractivity contribution in [1.29, 1.82) is 0 Å². The van der Waals surface area contributed by atoms with Gasteiger partial charge in [0.25, 0.3) is 5.91 Å². The van der Waals surface area contributed by atoms with E-state index in [1.165, 1.54) is 0 Å². The number of anilines is 1. The summed E-state index contributed by atoms with van der Waals surface area (Å²) in [5.74, 6) is -0.280. The molecule has 5 nitrogen and oxygen atoms in total. The molecule has 1 saturated heterocycles. The SMILES string of the molecule is Cc1ccc(C(=O)N2CCCC(C(=O)Nc3cnc4ccccc4c3)C2)cc1. The Kier molecular flexibility index (Phi) is 5.06. The number of hydrogen-bond acceptors (Lipinski definition) is 3. The molecule has 0 saturated carbocycles. The monoisotopic (exact) mass is 373 g/mol. The maximum absolute atomic E-state index is 12.8. The van der Waals surface area contributed by atoms with Gasteiger partial charge < -0.3 is 10.2 Å². The molecule has 1 N–H and O–H groups in total. The molecule has 1 fully saturated rings. The predicted octanol–water partition coefficient (Wildman–Crippen LogP) is 4.03. The van der Waals surface area contributed by atoms with Crippen LogP contribution in [0.4, 0.5) is 5.69 Å². The van der Waals surface area contributed by atoms with Crippen molar-refractivity contribution in [3.05, 3.63) is 71.9 Å². The van der Waals surface area contributed by atoms with Crippen molar-refractivity contribution in [1.82, 2.24) is 9.88 Å². The molecule has 2 heterocycles. The summed E-state index contributed by atoms with van der Waals surface area (Å²) in [6.45, 7) is 3.13. The van der Waals surface area contributed by atoms with E-state index in [-0.39, 0.29) is 17.7 Å². The molecule has 0 spiro atoms. The number of nitrogens with one attached hydrogen (secondary N) is 1. The van der Waals surface area contributed by atoms with Gasteiger partial charge in [-0.1, -0.05) is 35.9 Å². The first-order valence-electron chi connectivity index (χ1n) is 9.62. The average Bonchev–Trinajstić information content (AvgIpc) is 2.74. The summed E-state index contributed by atoms with van der Waals surface area (Å²) >= 11 is 0.